The highest BCUT2D eigenvalue weighted by Gasteiger charge is 2.37. The van der Waals surface area contributed by atoms with Crippen molar-refractivity contribution in [2.45, 2.75) is 32.2 Å². The standard InChI is InChI=1S/C19H20FN3O3S/c1-10(2)15-13-9-14(27-17(13)23(4)22-15)16(24)21-19(3,18(25)26)11-5-7-12(20)8-6-11/h5-10H,1-4H3,(H,21,24)(H,25,26). The second-order valence-corrected chi connectivity index (χ2v) is 7.91. The van der Waals surface area contributed by atoms with Crippen LogP contribution in [0.5, 0.6) is 0 Å². The third-order valence-electron chi connectivity index (χ3n) is 4.52. The Hall–Kier alpha value is -2.74. The Kier molecular flexibility index (Phi) is 4.77. The number of aryl methyl sites for hydroxylation is 1. The number of aliphatic carboxylic acids is 1. The van der Waals surface area contributed by atoms with Crippen LogP contribution in [0.4, 0.5) is 4.39 Å². The highest BCUT2D eigenvalue weighted by Crippen LogP contribution is 2.32. The lowest BCUT2D eigenvalue weighted by molar-refractivity contribution is -0.144. The number of hydrogen-bond donors (Lipinski definition) is 2. The molecule has 0 aliphatic rings. The van der Waals surface area contributed by atoms with E-state index in [4.69, 9.17) is 0 Å². The SMILES string of the molecule is CC(C)c1nn(C)c2sc(C(=O)NC(C)(C(=O)O)c3ccc(F)cc3)cc12. The average molecular weight is 389 g/mol. The molecule has 2 heterocycles. The third kappa shape index (κ3) is 3.32. The zero-order valence-corrected chi connectivity index (χ0v) is 16.2. The molecular weight excluding hydrogens is 369 g/mol. The lowest BCUT2D eigenvalue weighted by atomic mass is 9.92. The van der Waals surface area contributed by atoms with Crippen molar-refractivity contribution in [1.29, 1.82) is 0 Å². The minimum atomic E-state index is -1.68. The molecule has 1 atom stereocenters. The Labute approximate surface area is 159 Å². The first kappa shape index (κ1) is 19.0. The first-order chi connectivity index (χ1) is 12.6. The van der Waals surface area contributed by atoms with Gasteiger partial charge in [0.1, 0.15) is 10.6 Å². The zero-order chi connectivity index (χ0) is 19.9. The van der Waals surface area contributed by atoms with Gasteiger partial charge in [-0.05, 0) is 36.6 Å². The molecule has 142 valence electrons. The van der Waals surface area contributed by atoms with Crippen LogP contribution in [0.15, 0.2) is 30.3 Å². The van der Waals surface area contributed by atoms with Crippen LogP contribution in [0.3, 0.4) is 0 Å². The smallest absolute Gasteiger partial charge is 0.333 e. The molecule has 2 N–H and O–H groups in total. The second kappa shape index (κ2) is 6.77. The summed E-state index contributed by atoms with van der Waals surface area (Å²) in [5.74, 6) is -2.01. The molecule has 0 spiro atoms. The van der Waals surface area contributed by atoms with E-state index in [2.05, 4.69) is 10.4 Å². The molecule has 1 unspecified atom stereocenters. The Morgan fingerprint density at radius 1 is 1.30 bits per heavy atom. The number of benzene rings is 1. The zero-order valence-electron chi connectivity index (χ0n) is 15.4. The first-order valence-corrected chi connectivity index (χ1v) is 9.23. The average Bonchev–Trinajstić information content (AvgIpc) is 3.16. The second-order valence-electron chi connectivity index (χ2n) is 6.88. The van der Waals surface area contributed by atoms with E-state index in [-0.39, 0.29) is 11.5 Å². The fraction of sp³-hybridized carbons (Fsp3) is 0.316. The number of halogens is 1. The van der Waals surface area contributed by atoms with Gasteiger partial charge >= 0.3 is 5.97 Å². The van der Waals surface area contributed by atoms with Crippen molar-refractivity contribution in [3.05, 3.63) is 52.3 Å². The van der Waals surface area contributed by atoms with Crippen molar-refractivity contribution in [1.82, 2.24) is 15.1 Å². The Balaban J connectivity index is 1.97. The topological polar surface area (TPSA) is 84.2 Å². The van der Waals surface area contributed by atoms with E-state index in [1.807, 2.05) is 20.9 Å². The maximum atomic E-state index is 13.2. The molecule has 3 aromatic rings. The van der Waals surface area contributed by atoms with Crippen molar-refractivity contribution < 1.29 is 19.1 Å². The van der Waals surface area contributed by atoms with Gasteiger partial charge in [-0.2, -0.15) is 5.10 Å². The van der Waals surface area contributed by atoms with Gasteiger partial charge in [-0.3, -0.25) is 9.48 Å². The van der Waals surface area contributed by atoms with Crippen molar-refractivity contribution in [2.24, 2.45) is 7.05 Å². The summed E-state index contributed by atoms with van der Waals surface area (Å²) in [7, 11) is 1.81. The van der Waals surface area contributed by atoms with Crippen LogP contribution in [0.1, 0.15) is 47.6 Å². The molecule has 0 aliphatic carbocycles. The number of nitrogens with zero attached hydrogens (tertiary/aromatic N) is 2. The molecule has 0 aliphatic heterocycles. The van der Waals surface area contributed by atoms with Crippen molar-refractivity contribution in [3.8, 4) is 0 Å². The van der Waals surface area contributed by atoms with Gasteiger partial charge in [-0.15, -0.1) is 11.3 Å². The van der Waals surface area contributed by atoms with E-state index >= 15 is 0 Å². The van der Waals surface area contributed by atoms with E-state index in [9.17, 15) is 19.1 Å². The number of rotatable bonds is 5. The van der Waals surface area contributed by atoms with Crippen molar-refractivity contribution in [3.63, 3.8) is 0 Å². The fourth-order valence-electron chi connectivity index (χ4n) is 2.93. The summed E-state index contributed by atoms with van der Waals surface area (Å²) >= 11 is 1.26. The Morgan fingerprint density at radius 2 is 1.93 bits per heavy atom. The lowest BCUT2D eigenvalue weighted by Gasteiger charge is -2.26. The van der Waals surface area contributed by atoms with E-state index in [0.717, 1.165) is 15.9 Å². The molecule has 3 rings (SSSR count). The van der Waals surface area contributed by atoms with Crippen molar-refractivity contribution >= 4 is 33.4 Å². The molecule has 0 saturated heterocycles. The van der Waals surface area contributed by atoms with Gasteiger partial charge in [0.2, 0.25) is 0 Å². The number of nitrogens with one attached hydrogen (secondary N) is 1. The fourth-order valence-corrected chi connectivity index (χ4v) is 3.90. The highest BCUT2D eigenvalue weighted by molar-refractivity contribution is 7.20. The maximum Gasteiger partial charge on any atom is 0.333 e. The molecule has 2 aromatic heterocycles. The number of aromatic nitrogens is 2. The Morgan fingerprint density at radius 3 is 2.48 bits per heavy atom. The van der Waals surface area contributed by atoms with Gasteiger partial charge in [0.25, 0.3) is 5.91 Å². The molecule has 6 nitrogen and oxygen atoms in total. The molecule has 27 heavy (non-hydrogen) atoms. The summed E-state index contributed by atoms with van der Waals surface area (Å²) in [5, 5.41) is 17.6. The summed E-state index contributed by atoms with van der Waals surface area (Å²) in [6.07, 6.45) is 0. The van der Waals surface area contributed by atoms with Crippen LogP contribution in [0.25, 0.3) is 10.2 Å². The van der Waals surface area contributed by atoms with Gasteiger partial charge in [0, 0.05) is 12.4 Å². The Bertz CT molecular complexity index is 1020. The van der Waals surface area contributed by atoms with Crippen molar-refractivity contribution in [2.75, 3.05) is 0 Å². The minimum Gasteiger partial charge on any atom is -0.479 e. The quantitative estimate of drug-likeness (QED) is 0.698. The first-order valence-electron chi connectivity index (χ1n) is 8.42. The largest absolute Gasteiger partial charge is 0.479 e. The van der Waals surface area contributed by atoms with E-state index in [1.54, 1.807) is 10.7 Å². The van der Waals surface area contributed by atoms with Gasteiger partial charge < -0.3 is 10.4 Å². The van der Waals surface area contributed by atoms with Gasteiger partial charge in [-0.1, -0.05) is 26.0 Å². The minimum absolute atomic E-state index is 0.197. The number of carboxylic acids is 1. The van der Waals surface area contributed by atoms with Gasteiger partial charge in [0.15, 0.2) is 5.54 Å². The molecular formula is C19H20FN3O3S. The molecule has 0 radical (unpaired) electrons. The number of carbonyl (C=O) groups excluding carboxylic acids is 1. The number of amides is 1. The van der Waals surface area contributed by atoms with E-state index in [0.29, 0.717) is 4.88 Å². The van der Waals surface area contributed by atoms with Gasteiger partial charge in [-0.25, -0.2) is 9.18 Å². The number of carbonyl (C=O) groups is 2. The summed E-state index contributed by atoms with van der Waals surface area (Å²) in [6.45, 7) is 5.43. The predicted molar refractivity (Wildman–Crippen MR) is 102 cm³/mol. The number of thiophene rings is 1. The summed E-state index contributed by atoms with van der Waals surface area (Å²) in [5.41, 5.74) is -0.502. The van der Waals surface area contributed by atoms with Crippen LogP contribution < -0.4 is 5.32 Å². The summed E-state index contributed by atoms with van der Waals surface area (Å²) in [6, 6.07) is 6.79. The van der Waals surface area contributed by atoms with E-state index in [1.165, 1.54) is 42.5 Å². The predicted octanol–water partition coefficient (Wildman–Crippen LogP) is 3.63. The van der Waals surface area contributed by atoms with Crippen LogP contribution in [0, 0.1) is 5.82 Å². The number of fused-ring (bicyclic) bond motifs is 1. The van der Waals surface area contributed by atoms with Crippen LogP contribution in [-0.4, -0.2) is 26.8 Å². The molecule has 0 bridgehead atoms. The molecule has 0 fully saturated rings. The molecule has 1 amide bonds. The van der Waals surface area contributed by atoms with Gasteiger partial charge in [0.05, 0.1) is 10.6 Å². The third-order valence-corrected chi connectivity index (χ3v) is 5.72. The monoisotopic (exact) mass is 389 g/mol. The lowest BCUT2D eigenvalue weighted by Crippen LogP contribution is -2.49. The molecule has 8 heteroatoms. The van der Waals surface area contributed by atoms with E-state index < -0.39 is 23.2 Å². The summed E-state index contributed by atoms with van der Waals surface area (Å²) in [4.78, 5) is 25.9. The van der Waals surface area contributed by atoms with Crippen LogP contribution in [-0.2, 0) is 17.4 Å². The summed E-state index contributed by atoms with van der Waals surface area (Å²) < 4.78 is 14.9. The van der Waals surface area contributed by atoms with Crippen LogP contribution >= 0.6 is 11.3 Å². The van der Waals surface area contributed by atoms with Crippen LogP contribution in [0.2, 0.25) is 0 Å². The maximum absolute atomic E-state index is 13.2. The number of hydrogen-bond acceptors (Lipinski definition) is 4. The normalized spacial score (nSPS) is 13.7. The molecule has 0 saturated carbocycles. The molecule has 1 aromatic carbocycles. The highest BCUT2D eigenvalue weighted by atomic mass is 32.1. The number of carboxylic acid groups (broad SMARTS) is 1.